The number of anilines is 2. The van der Waals surface area contributed by atoms with Crippen molar-refractivity contribution in [2.24, 2.45) is 0 Å². The maximum Gasteiger partial charge on any atom is 0.251 e. The Morgan fingerprint density at radius 1 is 1.27 bits per heavy atom. The molecule has 3 heterocycles. The molecule has 2 aliphatic heterocycles. The molecule has 2 aromatic rings. The molecule has 1 saturated heterocycles. The van der Waals surface area contributed by atoms with Crippen molar-refractivity contribution in [2.45, 2.75) is 31.7 Å². The Labute approximate surface area is 157 Å². The Morgan fingerprint density at radius 2 is 2.15 bits per heavy atom. The molecule has 1 aromatic heterocycles. The summed E-state index contributed by atoms with van der Waals surface area (Å²) in [5, 5.41) is 5.02. The van der Waals surface area contributed by atoms with Gasteiger partial charge in [0.15, 0.2) is 0 Å². The molecule has 0 bridgehead atoms. The van der Waals surface area contributed by atoms with Crippen molar-refractivity contribution < 1.29 is 9.59 Å². The Balaban J connectivity index is 1.51. The van der Waals surface area contributed by atoms with Gasteiger partial charge in [0, 0.05) is 30.6 Å². The predicted molar refractivity (Wildman–Crippen MR) is 105 cm³/mol. The van der Waals surface area contributed by atoms with Crippen LogP contribution in [-0.2, 0) is 11.2 Å². The Hall–Kier alpha value is -2.34. The number of amides is 2. The normalized spacial score (nSPS) is 19.1. The number of likely N-dealkylation sites (N-methyl/N-ethyl adjacent to an activating group) is 1. The molecule has 1 unspecified atom stereocenters. The van der Waals surface area contributed by atoms with Gasteiger partial charge in [-0.25, -0.2) is 0 Å². The molecule has 1 fully saturated rings. The van der Waals surface area contributed by atoms with Crippen molar-refractivity contribution >= 4 is 34.5 Å². The maximum absolute atomic E-state index is 12.7. The highest BCUT2D eigenvalue weighted by atomic mass is 32.1. The standard InChI is InChI=1S/C20H23N3O2S/c1-22-18-13-14(19(24)21-10-9-15-5-4-12-26-15)7-8-16(18)23-11-3-2-6-17(23)20(22)25/h4-5,7-8,12-13,17H,2-3,6,9-11H2,1H3,(H,21,24). The summed E-state index contributed by atoms with van der Waals surface area (Å²) in [6.45, 7) is 1.52. The van der Waals surface area contributed by atoms with Crippen LogP contribution in [-0.4, -0.2) is 38.0 Å². The van der Waals surface area contributed by atoms with E-state index < -0.39 is 0 Å². The second kappa shape index (κ2) is 7.11. The fourth-order valence-electron chi connectivity index (χ4n) is 3.85. The molecule has 2 amide bonds. The Kier molecular flexibility index (Phi) is 4.68. The van der Waals surface area contributed by atoms with Crippen molar-refractivity contribution in [3.63, 3.8) is 0 Å². The lowest BCUT2D eigenvalue weighted by molar-refractivity contribution is -0.120. The van der Waals surface area contributed by atoms with Crippen LogP contribution in [0.1, 0.15) is 34.5 Å². The first-order chi connectivity index (χ1) is 12.6. The number of fused-ring (bicyclic) bond motifs is 3. The Bertz CT molecular complexity index is 818. The predicted octanol–water partition coefficient (Wildman–Crippen LogP) is 3.06. The number of carbonyl (C=O) groups is 2. The fraction of sp³-hybridized carbons (Fsp3) is 0.400. The van der Waals surface area contributed by atoms with E-state index in [1.165, 1.54) is 4.88 Å². The van der Waals surface area contributed by atoms with E-state index in [1.54, 1.807) is 16.2 Å². The van der Waals surface area contributed by atoms with Crippen LogP contribution in [0.3, 0.4) is 0 Å². The van der Waals surface area contributed by atoms with Crippen LogP contribution in [0.5, 0.6) is 0 Å². The number of carbonyl (C=O) groups excluding carboxylic acids is 2. The summed E-state index contributed by atoms with van der Waals surface area (Å²) in [6.07, 6.45) is 3.95. The van der Waals surface area contributed by atoms with E-state index in [0.717, 1.165) is 43.6 Å². The second-order valence-corrected chi connectivity index (χ2v) is 7.92. The van der Waals surface area contributed by atoms with E-state index in [2.05, 4.69) is 16.3 Å². The molecule has 2 aliphatic rings. The van der Waals surface area contributed by atoms with Gasteiger partial charge < -0.3 is 15.1 Å². The van der Waals surface area contributed by atoms with Crippen LogP contribution in [0.25, 0.3) is 0 Å². The first-order valence-electron chi connectivity index (χ1n) is 9.14. The minimum absolute atomic E-state index is 0.0493. The fourth-order valence-corrected chi connectivity index (χ4v) is 4.56. The number of hydrogen-bond acceptors (Lipinski definition) is 4. The topological polar surface area (TPSA) is 52.7 Å². The zero-order valence-corrected chi connectivity index (χ0v) is 15.7. The highest BCUT2D eigenvalue weighted by molar-refractivity contribution is 7.09. The average molecular weight is 369 g/mol. The molecule has 1 aromatic carbocycles. The van der Waals surface area contributed by atoms with Crippen LogP contribution >= 0.6 is 11.3 Å². The lowest BCUT2D eigenvalue weighted by Gasteiger charge is -2.44. The van der Waals surface area contributed by atoms with Crippen molar-refractivity contribution in [1.82, 2.24) is 5.32 Å². The zero-order chi connectivity index (χ0) is 18.1. The molecule has 4 rings (SSSR count). The number of thiophene rings is 1. The third-order valence-electron chi connectivity index (χ3n) is 5.26. The average Bonchev–Trinajstić information content (AvgIpc) is 3.19. The van der Waals surface area contributed by atoms with Gasteiger partial charge >= 0.3 is 0 Å². The van der Waals surface area contributed by atoms with E-state index in [0.29, 0.717) is 12.1 Å². The number of nitrogens with one attached hydrogen (secondary N) is 1. The van der Waals surface area contributed by atoms with Crippen molar-refractivity contribution in [2.75, 3.05) is 29.9 Å². The molecule has 0 radical (unpaired) electrons. The van der Waals surface area contributed by atoms with Crippen molar-refractivity contribution in [3.8, 4) is 0 Å². The summed E-state index contributed by atoms with van der Waals surface area (Å²) in [6, 6.07) is 9.75. The molecule has 5 nitrogen and oxygen atoms in total. The summed E-state index contributed by atoms with van der Waals surface area (Å²) in [5.41, 5.74) is 2.50. The lowest BCUT2D eigenvalue weighted by Crippen LogP contribution is -2.54. The van der Waals surface area contributed by atoms with E-state index in [-0.39, 0.29) is 17.9 Å². The summed E-state index contributed by atoms with van der Waals surface area (Å²) < 4.78 is 0. The molecule has 1 atom stereocenters. The van der Waals surface area contributed by atoms with Crippen LogP contribution < -0.4 is 15.1 Å². The minimum atomic E-state index is -0.0917. The van der Waals surface area contributed by atoms with Crippen molar-refractivity contribution in [1.29, 1.82) is 0 Å². The minimum Gasteiger partial charge on any atom is -0.358 e. The second-order valence-electron chi connectivity index (χ2n) is 6.89. The molecule has 1 N–H and O–H groups in total. The highest BCUT2D eigenvalue weighted by Crippen LogP contribution is 2.39. The van der Waals surface area contributed by atoms with E-state index in [1.807, 2.05) is 36.7 Å². The van der Waals surface area contributed by atoms with Gasteiger partial charge in [0.25, 0.3) is 5.91 Å². The molecule has 136 valence electrons. The third-order valence-corrected chi connectivity index (χ3v) is 6.20. The lowest BCUT2D eigenvalue weighted by atomic mass is 9.96. The summed E-state index contributed by atoms with van der Waals surface area (Å²) >= 11 is 1.70. The van der Waals surface area contributed by atoms with Gasteiger partial charge in [-0.05, 0) is 55.3 Å². The number of piperidine rings is 1. The van der Waals surface area contributed by atoms with Crippen molar-refractivity contribution in [3.05, 3.63) is 46.2 Å². The van der Waals surface area contributed by atoms with Crippen LogP contribution in [0.4, 0.5) is 11.4 Å². The summed E-state index contributed by atoms with van der Waals surface area (Å²) in [7, 11) is 1.81. The molecule has 26 heavy (non-hydrogen) atoms. The SMILES string of the molecule is CN1C(=O)C2CCCCN2c2ccc(C(=O)NCCc3cccs3)cc21. The van der Waals surface area contributed by atoms with Gasteiger partial charge in [-0.2, -0.15) is 0 Å². The van der Waals surface area contributed by atoms with Crippen LogP contribution in [0, 0.1) is 0 Å². The first-order valence-corrected chi connectivity index (χ1v) is 10.0. The highest BCUT2D eigenvalue weighted by Gasteiger charge is 2.37. The van der Waals surface area contributed by atoms with Gasteiger partial charge in [-0.3, -0.25) is 9.59 Å². The number of nitrogens with zero attached hydrogens (tertiary/aromatic N) is 2. The molecule has 0 spiro atoms. The quantitative estimate of drug-likeness (QED) is 0.901. The Morgan fingerprint density at radius 3 is 2.96 bits per heavy atom. The van der Waals surface area contributed by atoms with Gasteiger partial charge in [0.2, 0.25) is 5.91 Å². The van der Waals surface area contributed by atoms with Gasteiger partial charge in [-0.1, -0.05) is 6.07 Å². The zero-order valence-electron chi connectivity index (χ0n) is 14.9. The van der Waals surface area contributed by atoms with Crippen LogP contribution in [0.15, 0.2) is 35.7 Å². The molecule has 0 saturated carbocycles. The third kappa shape index (κ3) is 3.09. The van der Waals surface area contributed by atoms with Gasteiger partial charge in [0.1, 0.15) is 6.04 Å². The van der Waals surface area contributed by atoms with Gasteiger partial charge in [0.05, 0.1) is 11.4 Å². The summed E-state index contributed by atoms with van der Waals surface area (Å²) in [5.74, 6) is 0.0402. The number of hydrogen-bond donors (Lipinski definition) is 1. The summed E-state index contributed by atoms with van der Waals surface area (Å²) in [4.78, 5) is 30.4. The maximum atomic E-state index is 12.7. The first kappa shape index (κ1) is 17.1. The number of rotatable bonds is 4. The van der Waals surface area contributed by atoms with Gasteiger partial charge in [-0.15, -0.1) is 11.3 Å². The van der Waals surface area contributed by atoms with E-state index >= 15 is 0 Å². The van der Waals surface area contributed by atoms with E-state index in [4.69, 9.17) is 0 Å². The molecule has 0 aliphatic carbocycles. The smallest absolute Gasteiger partial charge is 0.251 e. The monoisotopic (exact) mass is 369 g/mol. The van der Waals surface area contributed by atoms with E-state index in [9.17, 15) is 9.59 Å². The molecular formula is C20H23N3O2S. The van der Waals surface area contributed by atoms with Crippen LogP contribution in [0.2, 0.25) is 0 Å². The number of benzene rings is 1. The molecular weight excluding hydrogens is 346 g/mol. The largest absolute Gasteiger partial charge is 0.358 e. The molecule has 6 heteroatoms.